The second kappa shape index (κ2) is 15.1. The summed E-state index contributed by atoms with van der Waals surface area (Å²) in [4.78, 5) is 9.57. The predicted octanol–water partition coefficient (Wildman–Crippen LogP) is 11.9. The van der Waals surface area contributed by atoms with Crippen molar-refractivity contribution < 1.29 is 24.2 Å². The van der Waals surface area contributed by atoms with Crippen molar-refractivity contribution in [1.82, 2.24) is 14.5 Å². The Balaban J connectivity index is 0.000000202. The van der Waals surface area contributed by atoms with Gasteiger partial charge in [0.05, 0.1) is 16.9 Å². The van der Waals surface area contributed by atoms with Crippen LogP contribution in [0.2, 0.25) is 17.3 Å². The van der Waals surface area contributed by atoms with Gasteiger partial charge >= 0.3 is 110 Å². The fraction of sp³-hybridized carbons (Fsp3) is 0.143. The summed E-state index contributed by atoms with van der Waals surface area (Å²) < 4.78 is 25.7. The zero-order valence-corrected chi connectivity index (χ0v) is 35.6. The van der Waals surface area contributed by atoms with Gasteiger partial charge in [-0.3, -0.25) is 4.98 Å². The molecule has 0 atom stereocenters. The minimum atomic E-state index is -2.08. The molecule has 0 saturated heterocycles. The van der Waals surface area contributed by atoms with E-state index in [0.29, 0.717) is 5.56 Å². The molecule has 3 nitrogen and oxygen atoms in total. The van der Waals surface area contributed by atoms with E-state index in [1.807, 2.05) is 18.3 Å². The van der Waals surface area contributed by atoms with Crippen LogP contribution in [0.4, 0.5) is 0 Å². The molecule has 1 radical (unpaired) electrons. The average Bonchev–Trinajstić information content (AvgIpc) is 3.70. The number of benzene rings is 6. The molecule has 0 bridgehead atoms. The molecular formula is C49H43GeIrN3-2. The standard InChI is InChI=1S/C34H25N2.C15H18GeN.Ir/c1-34(2)29-13-7-6-12-27(29)28-22-25(18-21-30(28)34)33-35-31-14-8-9-15-32(31)36(33)26-19-16-24(17-20-26)23-10-4-3-5-11-23;1-12-5-7-13(8-6-12)15-10-9-14(11-17-15)16(2,3)4;/h3-17,19-22H,1-2H3;5-7,9-11H,1-4H3;/q2*-1;/i;1D3;. The molecule has 9 rings (SSSR count). The topological polar surface area (TPSA) is 30.7 Å². The summed E-state index contributed by atoms with van der Waals surface area (Å²) in [6.45, 7) is 2.52. The molecule has 269 valence electrons. The SMILES string of the molecule is CC1(C)c2c[c-]c(-c3nc4ccccc4n3-c3ccc(-c4ccccc4)cc3)cc2-c2ccccc21.[2H]C([2H])([2H])c1c[c-]c(-c2cc[c]([Ge]([CH3])([CH3])[CH3])cn2)cc1.[Ir]. The zero-order valence-electron chi connectivity index (χ0n) is 34.1. The first-order valence-corrected chi connectivity index (χ1v) is 25.4. The van der Waals surface area contributed by atoms with Gasteiger partial charge in [-0.05, 0) is 51.9 Å². The molecule has 0 amide bonds. The largest absolute Gasteiger partial charge is 0 e. The van der Waals surface area contributed by atoms with Crippen LogP contribution in [0.5, 0.6) is 0 Å². The zero-order chi connectivity index (χ0) is 39.2. The molecule has 1 aliphatic rings. The second-order valence-corrected chi connectivity index (χ2v) is 25.8. The number of rotatable bonds is 5. The number of aromatic nitrogens is 3. The van der Waals surface area contributed by atoms with Crippen LogP contribution in [0, 0.1) is 19.0 Å². The van der Waals surface area contributed by atoms with Crippen molar-refractivity contribution in [2.24, 2.45) is 0 Å². The maximum atomic E-state index is 7.35. The molecule has 8 aromatic rings. The van der Waals surface area contributed by atoms with E-state index in [-0.39, 0.29) is 25.5 Å². The number of para-hydroxylation sites is 2. The van der Waals surface area contributed by atoms with E-state index in [1.54, 1.807) is 12.1 Å². The Morgan fingerprint density at radius 2 is 1.37 bits per heavy atom. The smallest absolute Gasteiger partial charge is 0 e. The van der Waals surface area contributed by atoms with Crippen LogP contribution in [0.15, 0.2) is 152 Å². The third-order valence-electron chi connectivity index (χ3n) is 10.3. The molecular weight excluding hydrogens is 895 g/mol. The van der Waals surface area contributed by atoms with Crippen LogP contribution in [0.25, 0.3) is 61.6 Å². The molecule has 2 aromatic heterocycles. The van der Waals surface area contributed by atoms with Crippen molar-refractivity contribution in [2.75, 3.05) is 0 Å². The molecule has 54 heavy (non-hydrogen) atoms. The Hall–Kier alpha value is -4.87. The summed E-state index contributed by atoms with van der Waals surface area (Å²) in [6.07, 6.45) is 1.95. The maximum absolute atomic E-state index is 7.35. The van der Waals surface area contributed by atoms with Crippen LogP contribution < -0.4 is 4.40 Å². The fourth-order valence-electron chi connectivity index (χ4n) is 7.25. The Morgan fingerprint density at radius 3 is 2.07 bits per heavy atom. The van der Waals surface area contributed by atoms with Gasteiger partial charge in [0.1, 0.15) is 0 Å². The van der Waals surface area contributed by atoms with Crippen molar-refractivity contribution in [3.05, 3.63) is 181 Å². The van der Waals surface area contributed by atoms with E-state index in [0.717, 1.165) is 39.4 Å². The quantitative estimate of drug-likeness (QED) is 0.127. The van der Waals surface area contributed by atoms with Gasteiger partial charge in [-0.25, -0.2) is 0 Å². The van der Waals surface area contributed by atoms with Gasteiger partial charge in [0.2, 0.25) is 0 Å². The summed E-state index contributed by atoms with van der Waals surface area (Å²) in [5, 5.41) is 0. The van der Waals surface area contributed by atoms with Crippen LogP contribution in [0.1, 0.15) is 34.7 Å². The average molecular weight is 942 g/mol. The number of nitrogens with zero attached hydrogens (tertiary/aromatic N) is 3. The minimum absolute atomic E-state index is 0. The predicted molar refractivity (Wildman–Crippen MR) is 225 cm³/mol. The Labute approximate surface area is 340 Å². The van der Waals surface area contributed by atoms with Gasteiger partial charge in [0, 0.05) is 25.8 Å². The van der Waals surface area contributed by atoms with E-state index >= 15 is 0 Å². The van der Waals surface area contributed by atoms with Gasteiger partial charge in [0.15, 0.2) is 0 Å². The Kier molecular flexibility index (Phi) is 9.42. The van der Waals surface area contributed by atoms with E-state index in [1.165, 1.54) is 43.8 Å². The van der Waals surface area contributed by atoms with Crippen LogP contribution in [-0.4, -0.2) is 27.8 Å². The number of hydrogen-bond acceptors (Lipinski definition) is 2. The summed E-state index contributed by atoms with van der Waals surface area (Å²) >= 11 is -1.83. The van der Waals surface area contributed by atoms with Crippen molar-refractivity contribution in [3.8, 4) is 50.6 Å². The van der Waals surface area contributed by atoms with E-state index < -0.39 is 20.1 Å². The first-order chi connectivity index (χ1) is 26.8. The van der Waals surface area contributed by atoms with Crippen molar-refractivity contribution in [1.29, 1.82) is 0 Å². The van der Waals surface area contributed by atoms with Crippen LogP contribution in [0.3, 0.4) is 0 Å². The van der Waals surface area contributed by atoms with Gasteiger partial charge in [-0.15, -0.1) is 29.3 Å². The summed E-state index contributed by atoms with van der Waals surface area (Å²) in [6, 6.07) is 56.4. The van der Waals surface area contributed by atoms with Gasteiger partial charge in [-0.1, -0.05) is 98.3 Å². The fourth-order valence-corrected chi connectivity index (χ4v) is 9.42. The molecule has 0 saturated carbocycles. The number of hydrogen-bond donors (Lipinski definition) is 0. The van der Waals surface area contributed by atoms with Crippen LogP contribution in [-0.2, 0) is 25.5 Å². The third kappa shape index (κ3) is 7.19. The maximum Gasteiger partial charge on any atom is 0 e. The normalized spacial score (nSPS) is 13.7. The van der Waals surface area contributed by atoms with Crippen molar-refractivity contribution in [2.45, 2.75) is 43.4 Å². The summed E-state index contributed by atoms with van der Waals surface area (Å²) in [5.74, 6) is 7.89. The van der Waals surface area contributed by atoms with E-state index in [2.05, 4.69) is 168 Å². The van der Waals surface area contributed by atoms with E-state index in [4.69, 9.17) is 9.10 Å². The first kappa shape index (κ1) is 33.7. The molecule has 0 N–H and O–H groups in total. The first-order valence-electron chi connectivity index (χ1n) is 19.6. The molecule has 0 aliphatic heterocycles. The number of pyridine rings is 1. The minimum Gasteiger partial charge on any atom is 0 e. The number of fused-ring (bicyclic) bond motifs is 4. The van der Waals surface area contributed by atoms with E-state index in [9.17, 15) is 0 Å². The Morgan fingerprint density at radius 1 is 0.667 bits per heavy atom. The van der Waals surface area contributed by atoms with Crippen molar-refractivity contribution in [3.63, 3.8) is 0 Å². The monoisotopic (exact) mass is 943 g/mol. The third-order valence-corrected chi connectivity index (χ3v) is 14.5. The molecule has 0 spiro atoms. The van der Waals surface area contributed by atoms with Crippen LogP contribution >= 0.6 is 0 Å². The molecule has 6 aromatic carbocycles. The van der Waals surface area contributed by atoms with Gasteiger partial charge in [0.25, 0.3) is 0 Å². The molecule has 1 aliphatic carbocycles. The molecule has 2 heterocycles. The summed E-state index contributed by atoms with van der Waals surface area (Å²) in [7, 11) is 0. The summed E-state index contributed by atoms with van der Waals surface area (Å²) in [5.41, 5.74) is 13.8. The van der Waals surface area contributed by atoms with Gasteiger partial charge < -0.3 is 4.57 Å². The number of aryl methyl sites for hydroxylation is 1. The van der Waals surface area contributed by atoms with Crippen molar-refractivity contribution >= 4 is 28.7 Å². The molecule has 5 heteroatoms. The Bertz CT molecular complexity index is 2610. The molecule has 0 unspecified atom stereocenters. The van der Waals surface area contributed by atoms with Gasteiger partial charge in [-0.2, -0.15) is 0 Å². The second-order valence-electron chi connectivity index (χ2n) is 15.2. The molecule has 0 fully saturated rings. The number of imidazole rings is 1.